The molecule has 0 aromatic rings. The number of hydrogen-bond acceptors (Lipinski definition) is 8. The van der Waals surface area contributed by atoms with Gasteiger partial charge in [-0.05, 0) is 33.6 Å². The minimum Gasteiger partial charge on any atom is -0.469 e. The van der Waals surface area contributed by atoms with Crippen LogP contribution in [0.2, 0.25) is 0 Å². The molecule has 2 fully saturated rings. The highest BCUT2D eigenvalue weighted by Crippen LogP contribution is 2.29. The highest BCUT2D eigenvalue weighted by Gasteiger charge is 2.41. The molecule has 3 rings (SSSR count). The first kappa shape index (κ1) is 23.7. The molecule has 0 radical (unpaired) electrons. The molecule has 3 heterocycles. The van der Waals surface area contributed by atoms with Crippen LogP contribution in [0.1, 0.15) is 40.0 Å². The Labute approximate surface area is 188 Å². The standard InChI is InChI=1S/C21H33N5O6/c1-21(2,3)32-20(30)22-15(10-17(27)31-5)18(28)24-8-6-14(7-9-24)26-13-25-12-23(4)11-16(25)19(26)29/h11,14-15H,6-10,12-13H2,1-5H3,(H,22,30). The first-order chi connectivity index (χ1) is 15.0. The van der Waals surface area contributed by atoms with E-state index in [1.165, 1.54) is 7.11 Å². The lowest BCUT2D eigenvalue weighted by molar-refractivity contribution is -0.145. The van der Waals surface area contributed by atoms with Crippen LogP contribution >= 0.6 is 0 Å². The average molecular weight is 452 g/mol. The molecule has 2 saturated heterocycles. The van der Waals surface area contributed by atoms with Crippen molar-refractivity contribution in [3.63, 3.8) is 0 Å². The van der Waals surface area contributed by atoms with Crippen LogP contribution in [0, 0.1) is 0 Å². The molecule has 1 unspecified atom stereocenters. The average Bonchev–Trinajstić information content (AvgIpc) is 3.22. The van der Waals surface area contributed by atoms with E-state index in [9.17, 15) is 19.2 Å². The molecule has 0 bridgehead atoms. The maximum atomic E-state index is 13.1. The zero-order valence-electron chi connectivity index (χ0n) is 19.4. The lowest BCUT2D eigenvalue weighted by atomic mass is 10.0. The van der Waals surface area contributed by atoms with E-state index in [1.54, 1.807) is 25.7 Å². The van der Waals surface area contributed by atoms with Gasteiger partial charge in [-0.3, -0.25) is 14.4 Å². The predicted octanol–water partition coefficient (Wildman–Crippen LogP) is 0.280. The summed E-state index contributed by atoms with van der Waals surface area (Å²) in [5.41, 5.74) is -0.0204. The molecule has 11 heteroatoms. The number of ether oxygens (including phenoxy) is 2. The van der Waals surface area contributed by atoms with E-state index in [4.69, 9.17) is 4.74 Å². The number of alkyl carbamates (subject to hydrolysis) is 1. The van der Waals surface area contributed by atoms with Crippen molar-refractivity contribution < 1.29 is 28.7 Å². The fourth-order valence-electron chi connectivity index (χ4n) is 4.18. The molecule has 0 aromatic carbocycles. The van der Waals surface area contributed by atoms with Gasteiger partial charge >= 0.3 is 12.1 Å². The summed E-state index contributed by atoms with van der Waals surface area (Å²) in [6.45, 7) is 7.26. The number of amides is 3. The van der Waals surface area contributed by atoms with Crippen molar-refractivity contribution >= 4 is 23.9 Å². The smallest absolute Gasteiger partial charge is 0.408 e. The molecule has 0 spiro atoms. The monoisotopic (exact) mass is 451 g/mol. The lowest BCUT2D eigenvalue weighted by Crippen LogP contribution is -2.54. The van der Waals surface area contributed by atoms with E-state index in [0.717, 1.165) is 0 Å². The van der Waals surface area contributed by atoms with E-state index in [0.29, 0.717) is 45.0 Å². The van der Waals surface area contributed by atoms with Gasteiger partial charge in [0.25, 0.3) is 5.91 Å². The molecule has 3 aliphatic rings. The topological polar surface area (TPSA) is 112 Å². The zero-order valence-corrected chi connectivity index (χ0v) is 19.4. The van der Waals surface area contributed by atoms with Crippen LogP contribution in [-0.2, 0) is 23.9 Å². The summed E-state index contributed by atoms with van der Waals surface area (Å²) < 4.78 is 9.91. The number of fused-ring (bicyclic) bond motifs is 1. The van der Waals surface area contributed by atoms with Gasteiger partial charge in [-0.2, -0.15) is 0 Å². The Morgan fingerprint density at radius 1 is 1.19 bits per heavy atom. The Bertz CT molecular complexity index is 799. The molecule has 11 nitrogen and oxygen atoms in total. The molecular formula is C21H33N5O6. The van der Waals surface area contributed by atoms with E-state index in [-0.39, 0.29) is 24.3 Å². The number of methoxy groups -OCH3 is 1. The van der Waals surface area contributed by atoms with E-state index in [1.807, 2.05) is 27.9 Å². The summed E-state index contributed by atoms with van der Waals surface area (Å²) >= 11 is 0. The molecule has 0 aromatic heterocycles. The van der Waals surface area contributed by atoms with Gasteiger partial charge < -0.3 is 34.4 Å². The molecule has 178 valence electrons. The molecule has 1 N–H and O–H groups in total. The Morgan fingerprint density at radius 2 is 1.84 bits per heavy atom. The van der Waals surface area contributed by atoms with Crippen LogP contribution in [-0.4, -0.2) is 102 Å². The summed E-state index contributed by atoms with van der Waals surface area (Å²) in [5, 5.41) is 2.50. The Balaban J connectivity index is 1.58. The molecule has 3 aliphatic heterocycles. The molecular weight excluding hydrogens is 418 g/mol. The fraction of sp³-hybridized carbons (Fsp3) is 0.714. The molecule has 1 atom stereocenters. The van der Waals surface area contributed by atoms with Crippen LogP contribution in [0.5, 0.6) is 0 Å². The predicted molar refractivity (Wildman–Crippen MR) is 114 cm³/mol. The third-order valence-electron chi connectivity index (χ3n) is 5.68. The van der Waals surface area contributed by atoms with Gasteiger partial charge in [-0.15, -0.1) is 0 Å². The first-order valence-corrected chi connectivity index (χ1v) is 10.8. The van der Waals surface area contributed by atoms with Crippen molar-refractivity contribution in [3.8, 4) is 0 Å². The molecule has 0 saturated carbocycles. The number of hydrogen-bond donors (Lipinski definition) is 1. The highest BCUT2D eigenvalue weighted by molar-refractivity contribution is 5.95. The van der Waals surface area contributed by atoms with Crippen molar-refractivity contribution in [2.45, 2.75) is 57.7 Å². The van der Waals surface area contributed by atoms with Gasteiger partial charge in [0.05, 0.1) is 26.9 Å². The lowest BCUT2D eigenvalue weighted by Gasteiger charge is -2.38. The molecule has 3 amide bonds. The van der Waals surface area contributed by atoms with Crippen molar-refractivity contribution in [3.05, 3.63) is 11.9 Å². The number of likely N-dealkylation sites (tertiary alicyclic amines) is 1. The third kappa shape index (κ3) is 5.43. The van der Waals surface area contributed by atoms with E-state index < -0.39 is 23.7 Å². The second kappa shape index (κ2) is 9.25. The van der Waals surface area contributed by atoms with E-state index in [2.05, 4.69) is 10.1 Å². The van der Waals surface area contributed by atoms with Gasteiger partial charge in [0.1, 0.15) is 17.3 Å². The SMILES string of the molecule is COC(=O)CC(NC(=O)OC(C)(C)C)C(=O)N1CCC(N2CN3CN(C)C=C3C2=O)CC1. The van der Waals surface area contributed by atoms with Crippen molar-refractivity contribution in [1.29, 1.82) is 0 Å². The minimum absolute atomic E-state index is 0.0225. The largest absolute Gasteiger partial charge is 0.469 e. The number of esters is 1. The summed E-state index contributed by atoms with van der Waals surface area (Å²) in [6.07, 6.45) is 2.07. The Kier molecular flexibility index (Phi) is 6.85. The van der Waals surface area contributed by atoms with Crippen LogP contribution < -0.4 is 5.32 Å². The van der Waals surface area contributed by atoms with Crippen LogP contribution in [0.15, 0.2) is 11.9 Å². The van der Waals surface area contributed by atoms with Crippen molar-refractivity contribution in [1.82, 2.24) is 24.9 Å². The minimum atomic E-state index is -1.08. The van der Waals surface area contributed by atoms with Crippen LogP contribution in [0.3, 0.4) is 0 Å². The first-order valence-electron chi connectivity index (χ1n) is 10.8. The van der Waals surface area contributed by atoms with E-state index >= 15 is 0 Å². The van der Waals surface area contributed by atoms with Crippen LogP contribution in [0.25, 0.3) is 0 Å². The summed E-state index contributed by atoms with van der Waals surface area (Å²) in [6, 6.07) is -1.03. The fourth-order valence-corrected chi connectivity index (χ4v) is 4.18. The number of piperidine rings is 1. The molecule has 32 heavy (non-hydrogen) atoms. The van der Waals surface area contributed by atoms with Gasteiger partial charge in [0.2, 0.25) is 5.91 Å². The second-order valence-electron chi connectivity index (χ2n) is 9.40. The summed E-state index contributed by atoms with van der Waals surface area (Å²) in [4.78, 5) is 57.3. The van der Waals surface area contributed by atoms with Gasteiger partial charge in [-0.25, -0.2) is 4.79 Å². The Hall–Kier alpha value is -2.98. The number of carbonyl (C=O) groups excluding carboxylic acids is 4. The maximum absolute atomic E-state index is 13.1. The van der Waals surface area contributed by atoms with Crippen molar-refractivity contribution in [2.24, 2.45) is 0 Å². The third-order valence-corrected chi connectivity index (χ3v) is 5.68. The second-order valence-corrected chi connectivity index (χ2v) is 9.40. The number of rotatable bonds is 5. The molecule has 0 aliphatic carbocycles. The summed E-state index contributed by atoms with van der Waals surface area (Å²) in [7, 11) is 3.16. The maximum Gasteiger partial charge on any atom is 0.408 e. The van der Waals surface area contributed by atoms with Gasteiger partial charge in [0.15, 0.2) is 0 Å². The number of nitrogens with one attached hydrogen (secondary N) is 1. The normalized spacial score (nSPS) is 20.2. The van der Waals surface area contributed by atoms with Crippen molar-refractivity contribution in [2.75, 3.05) is 40.6 Å². The highest BCUT2D eigenvalue weighted by atomic mass is 16.6. The van der Waals surface area contributed by atoms with Crippen LogP contribution in [0.4, 0.5) is 4.79 Å². The zero-order chi connectivity index (χ0) is 23.6. The number of carbonyl (C=O) groups is 4. The van der Waals surface area contributed by atoms with Gasteiger partial charge in [-0.1, -0.05) is 0 Å². The summed E-state index contributed by atoms with van der Waals surface area (Å²) in [5.74, 6) is -0.942. The van der Waals surface area contributed by atoms with Gasteiger partial charge in [0, 0.05) is 32.4 Å². The number of nitrogens with zero attached hydrogens (tertiary/aromatic N) is 4. The quantitative estimate of drug-likeness (QED) is 0.594. The Morgan fingerprint density at radius 3 is 2.41 bits per heavy atom.